The van der Waals surface area contributed by atoms with E-state index in [9.17, 15) is 14.7 Å². The van der Waals surface area contributed by atoms with E-state index in [-0.39, 0.29) is 29.4 Å². The summed E-state index contributed by atoms with van der Waals surface area (Å²) in [7, 11) is 1.47. The summed E-state index contributed by atoms with van der Waals surface area (Å²) in [6, 6.07) is 19.6. The van der Waals surface area contributed by atoms with E-state index in [0.717, 1.165) is 27.3 Å². The average Bonchev–Trinajstić information content (AvgIpc) is 3.09. The number of methoxy groups -OCH3 is 1. The van der Waals surface area contributed by atoms with Gasteiger partial charge in [0.1, 0.15) is 0 Å². The van der Waals surface area contributed by atoms with Crippen molar-refractivity contribution in [3.05, 3.63) is 92.1 Å². The summed E-state index contributed by atoms with van der Waals surface area (Å²) < 4.78 is 5.79. The van der Waals surface area contributed by atoms with Gasteiger partial charge in [-0.15, -0.1) is 0 Å². The minimum Gasteiger partial charge on any atom is -0.504 e. The van der Waals surface area contributed by atoms with Crippen LogP contribution in [0.2, 0.25) is 0 Å². The number of carbonyl (C=O) groups is 2. The number of benzene rings is 3. The van der Waals surface area contributed by atoms with Crippen LogP contribution in [-0.2, 0) is 9.59 Å². The zero-order valence-corrected chi connectivity index (χ0v) is 19.8. The highest BCUT2D eigenvalue weighted by Gasteiger charge is 2.61. The predicted octanol–water partition coefficient (Wildman–Crippen LogP) is 4.23. The van der Waals surface area contributed by atoms with Gasteiger partial charge in [-0.05, 0) is 62.5 Å². The number of aromatic hydroxyl groups is 1. The molecule has 1 aliphatic heterocycles. The highest BCUT2D eigenvalue weighted by atomic mass is 127. The summed E-state index contributed by atoms with van der Waals surface area (Å²) >= 11 is 2.00. The quantitative estimate of drug-likeness (QED) is 0.301. The van der Waals surface area contributed by atoms with Gasteiger partial charge < -0.3 is 9.84 Å². The third-order valence-electron chi connectivity index (χ3n) is 7.02. The molecule has 33 heavy (non-hydrogen) atoms. The summed E-state index contributed by atoms with van der Waals surface area (Å²) in [5.41, 5.74) is 5.15. The first kappa shape index (κ1) is 20.4. The van der Waals surface area contributed by atoms with Crippen LogP contribution < -0.4 is 4.74 Å². The number of carbonyl (C=O) groups excluding carboxylic acids is 2. The summed E-state index contributed by atoms with van der Waals surface area (Å²) in [5, 5.41) is 15.4. The van der Waals surface area contributed by atoms with Crippen LogP contribution in [0.4, 0.5) is 0 Å². The molecule has 2 atom stereocenters. The Balaban J connectivity index is 1.42. The molecule has 3 aliphatic carbocycles. The maximum Gasteiger partial charge on any atom is 0.254 e. The van der Waals surface area contributed by atoms with E-state index in [1.54, 1.807) is 12.1 Å². The number of phenols is 1. The highest BCUT2D eigenvalue weighted by Crippen LogP contribution is 2.60. The molecule has 0 saturated carbocycles. The first-order valence-corrected chi connectivity index (χ1v) is 11.7. The summed E-state index contributed by atoms with van der Waals surface area (Å²) in [6.07, 6.45) is 1.47. The fourth-order valence-electron chi connectivity index (χ4n) is 5.72. The number of hydrazone groups is 1. The molecule has 0 spiro atoms. The van der Waals surface area contributed by atoms with Crippen molar-refractivity contribution in [3.8, 4) is 11.5 Å². The Morgan fingerprint density at radius 3 is 1.85 bits per heavy atom. The smallest absolute Gasteiger partial charge is 0.254 e. The van der Waals surface area contributed by atoms with Crippen LogP contribution in [0.25, 0.3) is 0 Å². The van der Waals surface area contributed by atoms with Gasteiger partial charge in [-0.25, -0.2) is 0 Å². The zero-order valence-electron chi connectivity index (χ0n) is 17.6. The van der Waals surface area contributed by atoms with E-state index < -0.39 is 11.8 Å². The standard InChI is InChI=1S/C26H19IN2O4/c1-33-19-11-13(10-18(27)24(19)30)12-28-29-25(31)22-20-14-6-2-3-7-15(14)21(23(22)26(29)32)17-9-5-4-8-16(17)20/h2-12,20-23,30H,1H3/b28-12-/t20?,21?,22-,23-/m1/s1. The van der Waals surface area contributed by atoms with Crippen molar-refractivity contribution in [2.24, 2.45) is 16.9 Å². The van der Waals surface area contributed by atoms with E-state index in [1.165, 1.54) is 13.3 Å². The highest BCUT2D eigenvalue weighted by molar-refractivity contribution is 14.1. The van der Waals surface area contributed by atoms with E-state index in [1.807, 2.05) is 46.9 Å². The van der Waals surface area contributed by atoms with Gasteiger partial charge in [-0.3, -0.25) is 9.59 Å². The normalized spacial score (nSPS) is 24.7. The maximum atomic E-state index is 13.6. The van der Waals surface area contributed by atoms with Gasteiger partial charge in [0.05, 0.1) is 28.7 Å². The van der Waals surface area contributed by atoms with Gasteiger partial charge >= 0.3 is 0 Å². The van der Waals surface area contributed by atoms with E-state index in [0.29, 0.717) is 14.9 Å². The van der Waals surface area contributed by atoms with Crippen LogP contribution in [0.15, 0.2) is 65.8 Å². The number of imide groups is 1. The molecule has 2 bridgehead atoms. The third-order valence-corrected chi connectivity index (χ3v) is 7.84. The van der Waals surface area contributed by atoms with Crippen molar-refractivity contribution in [3.63, 3.8) is 0 Å². The van der Waals surface area contributed by atoms with Gasteiger partial charge in [-0.2, -0.15) is 10.1 Å². The molecule has 0 unspecified atom stereocenters. The molecule has 0 aromatic heterocycles. The van der Waals surface area contributed by atoms with Crippen LogP contribution in [0.1, 0.15) is 39.7 Å². The average molecular weight is 550 g/mol. The number of nitrogens with zero attached hydrogens (tertiary/aromatic N) is 2. The molecule has 164 valence electrons. The van der Waals surface area contributed by atoms with Crippen LogP contribution in [-0.4, -0.2) is 35.3 Å². The molecule has 2 amide bonds. The van der Waals surface area contributed by atoms with Gasteiger partial charge in [0.15, 0.2) is 11.5 Å². The van der Waals surface area contributed by atoms with Crippen LogP contribution in [0, 0.1) is 15.4 Å². The number of hydrogen-bond donors (Lipinski definition) is 1. The molecule has 4 aliphatic rings. The Bertz CT molecular complexity index is 1250. The third kappa shape index (κ3) is 2.81. The van der Waals surface area contributed by atoms with Crippen LogP contribution in [0.3, 0.4) is 0 Å². The number of amides is 2. The Morgan fingerprint density at radius 2 is 1.39 bits per heavy atom. The summed E-state index contributed by atoms with van der Waals surface area (Å²) in [4.78, 5) is 27.1. The van der Waals surface area contributed by atoms with Crippen molar-refractivity contribution in [1.82, 2.24) is 5.01 Å². The molecule has 1 fully saturated rings. The molecule has 6 nitrogen and oxygen atoms in total. The van der Waals surface area contributed by atoms with Crippen molar-refractivity contribution in [2.75, 3.05) is 7.11 Å². The second-order valence-electron chi connectivity index (χ2n) is 8.55. The molecule has 1 N–H and O–H groups in total. The maximum absolute atomic E-state index is 13.6. The fourth-order valence-corrected chi connectivity index (χ4v) is 6.35. The van der Waals surface area contributed by atoms with Gasteiger partial charge in [0.2, 0.25) is 0 Å². The van der Waals surface area contributed by atoms with Crippen molar-refractivity contribution in [2.45, 2.75) is 11.8 Å². The number of halogens is 1. The Labute approximate surface area is 204 Å². The number of hydrogen-bond acceptors (Lipinski definition) is 5. The summed E-state index contributed by atoms with van der Waals surface area (Å²) in [5.74, 6) is -1.40. The molecule has 1 saturated heterocycles. The molecule has 0 radical (unpaired) electrons. The molecule has 7 rings (SSSR count). The molecule has 3 aromatic rings. The first-order chi connectivity index (χ1) is 16.0. The first-order valence-electron chi connectivity index (χ1n) is 10.7. The Morgan fingerprint density at radius 1 is 0.909 bits per heavy atom. The van der Waals surface area contributed by atoms with Gasteiger partial charge in [0.25, 0.3) is 11.8 Å². The second kappa shape index (κ2) is 7.41. The number of ether oxygens (including phenoxy) is 1. The molecular weight excluding hydrogens is 531 g/mol. The number of phenolic OH excluding ortho intramolecular Hbond substituents is 1. The fraction of sp³-hybridized carbons (Fsp3) is 0.192. The number of rotatable bonds is 3. The van der Waals surface area contributed by atoms with Crippen molar-refractivity contribution < 1.29 is 19.4 Å². The minimum absolute atomic E-state index is 0.0432. The Kier molecular flexibility index (Phi) is 4.58. The van der Waals surface area contributed by atoms with Crippen LogP contribution >= 0.6 is 22.6 Å². The van der Waals surface area contributed by atoms with Crippen LogP contribution in [0.5, 0.6) is 11.5 Å². The van der Waals surface area contributed by atoms with Gasteiger partial charge in [-0.1, -0.05) is 48.5 Å². The van der Waals surface area contributed by atoms with Crippen molar-refractivity contribution in [1.29, 1.82) is 0 Å². The van der Waals surface area contributed by atoms with Crippen molar-refractivity contribution >= 4 is 40.6 Å². The largest absolute Gasteiger partial charge is 0.504 e. The molecule has 1 heterocycles. The lowest BCUT2D eigenvalue weighted by Crippen LogP contribution is -2.41. The van der Waals surface area contributed by atoms with Gasteiger partial charge in [0, 0.05) is 11.8 Å². The lowest BCUT2D eigenvalue weighted by molar-refractivity contribution is -0.139. The lowest BCUT2D eigenvalue weighted by atomic mass is 9.55. The summed E-state index contributed by atoms with van der Waals surface area (Å²) in [6.45, 7) is 0. The Hall–Kier alpha value is -3.20. The lowest BCUT2D eigenvalue weighted by Gasteiger charge is -2.45. The zero-order chi connectivity index (χ0) is 22.9. The van der Waals surface area contributed by atoms with E-state index >= 15 is 0 Å². The predicted molar refractivity (Wildman–Crippen MR) is 130 cm³/mol. The van der Waals surface area contributed by atoms with E-state index in [2.05, 4.69) is 29.4 Å². The topological polar surface area (TPSA) is 79.2 Å². The molecular formula is C26H19IN2O4. The second-order valence-corrected chi connectivity index (χ2v) is 9.71. The molecule has 7 heteroatoms. The minimum atomic E-state index is -0.459. The van der Waals surface area contributed by atoms with E-state index in [4.69, 9.17) is 4.74 Å². The monoisotopic (exact) mass is 550 g/mol. The molecule has 3 aromatic carbocycles. The SMILES string of the molecule is COc1cc(/C=N\N2C(=O)[C@@H]3C4c5ccccc5C(c5ccccc54)[C@H]3C2=O)cc(I)c1O.